The molecule has 0 saturated heterocycles. The highest BCUT2D eigenvalue weighted by atomic mass is 32.1. The van der Waals surface area contributed by atoms with Gasteiger partial charge in [0.2, 0.25) is 0 Å². The lowest BCUT2D eigenvalue weighted by Gasteiger charge is -2.00. The summed E-state index contributed by atoms with van der Waals surface area (Å²) in [4.78, 5) is 15.8. The van der Waals surface area contributed by atoms with Crippen LogP contribution in [0.4, 0.5) is 0 Å². The van der Waals surface area contributed by atoms with Crippen LogP contribution in [0.3, 0.4) is 0 Å². The average molecular weight is 293 g/mol. The van der Waals surface area contributed by atoms with Gasteiger partial charge < -0.3 is 0 Å². The third kappa shape index (κ3) is 2.17. The topological polar surface area (TPSA) is 61.5 Å². The van der Waals surface area contributed by atoms with Crippen molar-refractivity contribution in [2.45, 2.75) is 0 Å². The minimum atomic E-state index is -0.146. The number of thiazole rings is 1. The predicted molar refractivity (Wildman–Crippen MR) is 85.5 cm³/mol. The van der Waals surface area contributed by atoms with Crippen molar-refractivity contribution in [1.29, 1.82) is 0 Å². The largest absolute Gasteiger partial charge is 0.295 e. The van der Waals surface area contributed by atoms with Crippen molar-refractivity contribution in [3.05, 3.63) is 64.3 Å². The monoisotopic (exact) mass is 293 g/mol. The fourth-order valence-corrected chi connectivity index (χ4v) is 3.13. The first kappa shape index (κ1) is 12.1. The Bertz CT molecular complexity index is 980. The van der Waals surface area contributed by atoms with Crippen LogP contribution in [0, 0.1) is 0 Å². The molecule has 4 aromatic rings. The molecule has 2 aromatic carbocycles. The first-order chi connectivity index (χ1) is 10.3. The molecule has 2 aromatic heterocycles. The van der Waals surface area contributed by atoms with Crippen molar-refractivity contribution >= 4 is 22.1 Å². The Morgan fingerprint density at radius 2 is 1.81 bits per heavy atom. The van der Waals surface area contributed by atoms with E-state index in [-0.39, 0.29) is 5.56 Å². The van der Waals surface area contributed by atoms with Crippen molar-refractivity contribution in [3.8, 4) is 22.0 Å². The van der Waals surface area contributed by atoms with Crippen LogP contribution < -0.4 is 5.56 Å². The van der Waals surface area contributed by atoms with Gasteiger partial charge in [0.05, 0.1) is 11.4 Å². The predicted octanol–water partition coefficient (Wildman–Crippen LogP) is 3.65. The van der Waals surface area contributed by atoms with E-state index >= 15 is 0 Å². The van der Waals surface area contributed by atoms with E-state index in [1.807, 2.05) is 17.5 Å². The molecule has 4 rings (SSSR count). The van der Waals surface area contributed by atoms with Crippen molar-refractivity contribution < 1.29 is 0 Å². The third-order valence-electron chi connectivity index (χ3n) is 3.38. The summed E-state index contributed by atoms with van der Waals surface area (Å²) in [6, 6.07) is 16.1. The Morgan fingerprint density at radius 3 is 2.62 bits per heavy atom. The first-order valence-electron chi connectivity index (χ1n) is 6.52. The summed E-state index contributed by atoms with van der Waals surface area (Å²) in [5.74, 6) is 0. The molecule has 0 saturated carbocycles. The van der Waals surface area contributed by atoms with E-state index in [1.165, 1.54) is 28.2 Å². The fraction of sp³-hybridized carbons (Fsp3) is 0. The summed E-state index contributed by atoms with van der Waals surface area (Å²) in [5, 5.41) is 10.6. The molecule has 0 bridgehead atoms. The normalized spacial score (nSPS) is 11.0. The number of aromatic nitrogens is 3. The number of benzene rings is 2. The Labute approximate surface area is 124 Å². The second-order valence-electron chi connectivity index (χ2n) is 4.77. The number of nitrogens with one attached hydrogen (secondary N) is 2. The quantitative estimate of drug-likeness (QED) is 0.592. The molecule has 0 aliphatic heterocycles. The fourth-order valence-electron chi connectivity index (χ4n) is 2.33. The molecule has 102 valence electrons. The van der Waals surface area contributed by atoms with Crippen molar-refractivity contribution in [1.82, 2.24) is 15.2 Å². The van der Waals surface area contributed by atoms with E-state index in [4.69, 9.17) is 0 Å². The van der Waals surface area contributed by atoms with E-state index in [9.17, 15) is 4.79 Å². The van der Waals surface area contributed by atoms with E-state index in [0.29, 0.717) is 0 Å². The zero-order valence-electron chi connectivity index (χ0n) is 11.0. The van der Waals surface area contributed by atoms with Crippen LogP contribution in [0.25, 0.3) is 32.7 Å². The average Bonchev–Trinajstić information content (AvgIpc) is 3.15. The molecule has 0 amide bonds. The minimum Gasteiger partial charge on any atom is -0.295 e. The van der Waals surface area contributed by atoms with Crippen LogP contribution in [-0.4, -0.2) is 15.2 Å². The van der Waals surface area contributed by atoms with Gasteiger partial charge in [-0.25, -0.2) is 4.98 Å². The van der Waals surface area contributed by atoms with Crippen LogP contribution >= 0.6 is 11.3 Å². The molecule has 5 heteroatoms. The Morgan fingerprint density at radius 1 is 0.952 bits per heavy atom. The Hall–Kier alpha value is -2.66. The van der Waals surface area contributed by atoms with Crippen molar-refractivity contribution in [3.63, 3.8) is 0 Å². The lowest BCUT2D eigenvalue weighted by Crippen LogP contribution is -1.93. The van der Waals surface area contributed by atoms with Gasteiger partial charge in [0.1, 0.15) is 5.01 Å². The standard InChI is InChI=1S/C16H11N3OS/c20-15-8-13(18-19-15)16-17-14(9-21-16)12-6-5-10-3-1-2-4-11(10)7-12/h1-9H,(H2,18,19,20). The molecule has 2 heterocycles. The van der Waals surface area contributed by atoms with E-state index in [0.717, 1.165) is 22.0 Å². The van der Waals surface area contributed by atoms with E-state index in [1.54, 1.807) is 0 Å². The molecular weight excluding hydrogens is 282 g/mol. The van der Waals surface area contributed by atoms with Gasteiger partial charge in [-0.3, -0.25) is 15.0 Å². The van der Waals surface area contributed by atoms with Crippen LogP contribution in [0.15, 0.2) is 58.7 Å². The molecule has 0 aliphatic carbocycles. The van der Waals surface area contributed by atoms with Gasteiger partial charge in [-0.2, -0.15) is 0 Å². The number of aromatic amines is 2. The number of fused-ring (bicyclic) bond motifs is 1. The SMILES string of the molecule is O=c1cc(-c2nc(-c3ccc4ccccc4c3)cs2)[nH][nH]1. The number of nitrogens with zero attached hydrogens (tertiary/aromatic N) is 1. The van der Waals surface area contributed by atoms with Crippen molar-refractivity contribution in [2.75, 3.05) is 0 Å². The van der Waals surface area contributed by atoms with Gasteiger partial charge in [-0.05, 0) is 16.8 Å². The first-order valence-corrected chi connectivity index (χ1v) is 7.40. The summed E-state index contributed by atoms with van der Waals surface area (Å²) in [5.41, 5.74) is 2.57. The van der Waals surface area contributed by atoms with Crippen LogP contribution in [0.5, 0.6) is 0 Å². The molecule has 2 N–H and O–H groups in total. The maximum atomic E-state index is 11.2. The molecular formula is C16H11N3OS. The van der Waals surface area contributed by atoms with E-state index < -0.39 is 0 Å². The zero-order valence-corrected chi connectivity index (χ0v) is 11.8. The maximum Gasteiger partial charge on any atom is 0.264 e. The number of rotatable bonds is 2. The highest BCUT2D eigenvalue weighted by Gasteiger charge is 2.08. The molecule has 0 spiro atoms. The van der Waals surface area contributed by atoms with Gasteiger partial charge in [0, 0.05) is 17.0 Å². The summed E-state index contributed by atoms with van der Waals surface area (Å²) in [6.45, 7) is 0. The Kier molecular flexibility index (Phi) is 2.72. The number of hydrogen-bond acceptors (Lipinski definition) is 3. The Balaban J connectivity index is 1.78. The van der Waals surface area contributed by atoms with Gasteiger partial charge in [-0.1, -0.05) is 36.4 Å². The van der Waals surface area contributed by atoms with Gasteiger partial charge in [0.15, 0.2) is 0 Å². The van der Waals surface area contributed by atoms with E-state index in [2.05, 4.69) is 45.5 Å². The van der Waals surface area contributed by atoms with Gasteiger partial charge in [0.25, 0.3) is 5.56 Å². The third-order valence-corrected chi connectivity index (χ3v) is 4.25. The second-order valence-corrected chi connectivity index (χ2v) is 5.63. The summed E-state index contributed by atoms with van der Waals surface area (Å²) in [7, 11) is 0. The van der Waals surface area contributed by atoms with Gasteiger partial charge >= 0.3 is 0 Å². The molecule has 0 aliphatic rings. The van der Waals surface area contributed by atoms with Crippen LogP contribution in [0.1, 0.15) is 0 Å². The van der Waals surface area contributed by atoms with Gasteiger partial charge in [-0.15, -0.1) is 11.3 Å². The molecule has 4 nitrogen and oxygen atoms in total. The number of H-pyrrole nitrogens is 2. The minimum absolute atomic E-state index is 0.146. The number of hydrogen-bond donors (Lipinski definition) is 2. The second kappa shape index (κ2) is 4.71. The highest BCUT2D eigenvalue weighted by Crippen LogP contribution is 2.29. The van der Waals surface area contributed by atoms with Crippen LogP contribution in [0.2, 0.25) is 0 Å². The highest BCUT2D eigenvalue weighted by molar-refractivity contribution is 7.13. The van der Waals surface area contributed by atoms with Crippen molar-refractivity contribution in [2.24, 2.45) is 0 Å². The smallest absolute Gasteiger partial charge is 0.264 e. The molecule has 0 fully saturated rings. The summed E-state index contributed by atoms with van der Waals surface area (Å²) in [6.07, 6.45) is 0. The summed E-state index contributed by atoms with van der Waals surface area (Å²) < 4.78 is 0. The molecule has 0 atom stereocenters. The lowest BCUT2D eigenvalue weighted by atomic mass is 10.1. The molecule has 0 radical (unpaired) electrons. The zero-order chi connectivity index (χ0) is 14.2. The lowest BCUT2D eigenvalue weighted by molar-refractivity contribution is 1.06. The maximum absolute atomic E-state index is 11.2. The molecule has 0 unspecified atom stereocenters. The van der Waals surface area contributed by atoms with Crippen LogP contribution in [-0.2, 0) is 0 Å². The summed E-state index contributed by atoms with van der Waals surface area (Å²) >= 11 is 1.51. The molecule has 21 heavy (non-hydrogen) atoms.